The number of hydrogen-bond acceptors (Lipinski definition) is 5. The van der Waals surface area contributed by atoms with Crippen LogP contribution >= 0.6 is 22.9 Å². The van der Waals surface area contributed by atoms with Crippen LogP contribution in [-0.4, -0.2) is 25.9 Å². The van der Waals surface area contributed by atoms with Crippen molar-refractivity contribution < 1.29 is 4.79 Å². The molecular weight excluding hydrogens is 346 g/mol. The van der Waals surface area contributed by atoms with E-state index < -0.39 is 0 Å². The second-order valence-electron chi connectivity index (χ2n) is 5.45. The fourth-order valence-electron chi connectivity index (χ4n) is 2.16. The van der Waals surface area contributed by atoms with Crippen molar-refractivity contribution in [1.82, 2.24) is 25.3 Å². The molecule has 0 saturated carbocycles. The predicted octanol–water partition coefficient (Wildman–Crippen LogP) is 3.24. The summed E-state index contributed by atoms with van der Waals surface area (Å²) in [6, 6.07) is 7.29. The molecule has 1 amide bonds. The first kappa shape index (κ1) is 16.6. The Morgan fingerprint density at radius 2 is 2.12 bits per heavy atom. The van der Waals surface area contributed by atoms with Crippen molar-refractivity contribution in [2.24, 2.45) is 0 Å². The van der Waals surface area contributed by atoms with Gasteiger partial charge in [-0.3, -0.25) is 4.79 Å². The standard InChI is InChI=1S/C16H16ClN5OS/c1-10-9-24-16(18-10)11(2)19-15(23)14-8-22(21-20-14)7-12-3-5-13(17)6-4-12/h3-6,8-9,11H,7H2,1-2H3,(H,19,23)/t11-/m0/s1. The number of halogens is 1. The Labute approximate surface area is 148 Å². The first-order valence-corrected chi connectivity index (χ1v) is 8.64. The Hall–Kier alpha value is -2.25. The summed E-state index contributed by atoms with van der Waals surface area (Å²) < 4.78 is 1.62. The Kier molecular flexibility index (Phi) is 4.92. The average molecular weight is 362 g/mol. The second kappa shape index (κ2) is 7.11. The maximum absolute atomic E-state index is 12.3. The lowest BCUT2D eigenvalue weighted by Crippen LogP contribution is -2.26. The first-order valence-electron chi connectivity index (χ1n) is 7.39. The van der Waals surface area contributed by atoms with Crippen LogP contribution in [0.2, 0.25) is 5.02 Å². The van der Waals surface area contributed by atoms with E-state index in [0.29, 0.717) is 11.6 Å². The van der Waals surface area contributed by atoms with E-state index in [1.807, 2.05) is 43.5 Å². The summed E-state index contributed by atoms with van der Waals surface area (Å²) in [6.07, 6.45) is 1.63. The summed E-state index contributed by atoms with van der Waals surface area (Å²) in [5.41, 5.74) is 2.26. The number of thiazole rings is 1. The van der Waals surface area contributed by atoms with Crippen molar-refractivity contribution >= 4 is 28.8 Å². The molecule has 0 unspecified atom stereocenters. The van der Waals surface area contributed by atoms with E-state index >= 15 is 0 Å². The third kappa shape index (κ3) is 3.98. The quantitative estimate of drug-likeness (QED) is 0.757. The molecule has 0 spiro atoms. The van der Waals surface area contributed by atoms with Gasteiger partial charge in [-0.25, -0.2) is 9.67 Å². The summed E-state index contributed by atoms with van der Waals surface area (Å²) >= 11 is 7.39. The number of aromatic nitrogens is 4. The van der Waals surface area contributed by atoms with E-state index in [1.165, 1.54) is 11.3 Å². The van der Waals surface area contributed by atoms with E-state index in [9.17, 15) is 4.79 Å². The summed E-state index contributed by atoms with van der Waals surface area (Å²) in [6.45, 7) is 4.35. The first-order chi connectivity index (χ1) is 11.5. The van der Waals surface area contributed by atoms with Gasteiger partial charge in [-0.2, -0.15) is 0 Å². The van der Waals surface area contributed by atoms with Crippen LogP contribution in [0.4, 0.5) is 0 Å². The SMILES string of the molecule is Cc1csc([C@H](C)NC(=O)c2cn(Cc3ccc(Cl)cc3)nn2)n1. The largest absolute Gasteiger partial charge is 0.342 e. The molecule has 6 nitrogen and oxygen atoms in total. The van der Waals surface area contributed by atoms with Crippen LogP contribution in [0, 0.1) is 6.92 Å². The van der Waals surface area contributed by atoms with Gasteiger partial charge in [0.2, 0.25) is 0 Å². The number of hydrogen-bond donors (Lipinski definition) is 1. The van der Waals surface area contributed by atoms with Crippen LogP contribution in [0.15, 0.2) is 35.8 Å². The highest BCUT2D eigenvalue weighted by Crippen LogP contribution is 2.17. The number of rotatable bonds is 5. The normalized spacial score (nSPS) is 12.1. The summed E-state index contributed by atoms with van der Waals surface area (Å²) in [5, 5.41) is 14.3. The molecule has 0 saturated heterocycles. The van der Waals surface area contributed by atoms with Crippen molar-refractivity contribution in [1.29, 1.82) is 0 Å². The zero-order valence-electron chi connectivity index (χ0n) is 13.2. The van der Waals surface area contributed by atoms with Gasteiger partial charge in [-0.05, 0) is 31.5 Å². The van der Waals surface area contributed by atoms with Crippen molar-refractivity contribution in [2.75, 3.05) is 0 Å². The second-order valence-corrected chi connectivity index (χ2v) is 6.78. The number of nitrogens with one attached hydrogen (secondary N) is 1. The monoisotopic (exact) mass is 361 g/mol. The van der Waals surface area contributed by atoms with Crippen molar-refractivity contribution in [2.45, 2.75) is 26.4 Å². The van der Waals surface area contributed by atoms with E-state index in [1.54, 1.807) is 10.9 Å². The maximum atomic E-state index is 12.3. The van der Waals surface area contributed by atoms with E-state index in [0.717, 1.165) is 16.3 Å². The number of aryl methyl sites for hydroxylation is 1. The van der Waals surface area contributed by atoms with Crippen LogP contribution in [0.5, 0.6) is 0 Å². The van der Waals surface area contributed by atoms with Crippen LogP contribution in [0.1, 0.15) is 39.7 Å². The molecule has 124 valence electrons. The van der Waals surface area contributed by atoms with Gasteiger partial charge in [0.1, 0.15) is 5.01 Å². The number of carbonyl (C=O) groups excluding carboxylic acids is 1. The number of amides is 1. The molecule has 0 bridgehead atoms. The topological polar surface area (TPSA) is 72.7 Å². The van der Waals surface area contributed by atoms with Crippen LogP contribution in [0.3, 0.4) is 0 Å². The van der Waals surface area contributed by atoms with Gasteiger partial charge in [0.15, 0.2) is 5.69 Å². The fraction of sp³-hybridized carbons (Fsp3) is 0.250. The molecule has 0 radical (unpaired) electrons. The Morgan fingerprint density at radius 1 is 1.38 bits per heavy atom. The van der Waals surface area contributed by atoms with Crippen LogP contribution in [-0.2, 0) is 6.54 Å². The molecule has 1 atom stereocenters. The molecule has 24 heavy (non-hydrogen) atoms. The van der Waals surface area contributed by atoms with Crippen LogP contribution in [0.25, 0.3) is 0 Å². The molecule has 3 rings (SSSR count). The molecule has 2 heterocycles. The summed E-state index contributed by atoms with van der Waals surface area (Å²) in [7, 11) is 0. The lowest BCUT2D eigenvalue weighted by Gasteiger charge is -2.09. The van der Waals surface area contributed by atoms with Crippen LogP contribution < -0.4 is 5.32 Å². The highest BCUT2D eigenvalue weighted by molar-refractivity contribution is 7.09. The van der Waals surface area contributed by atoms with E-state index in [-0.39, 0.29) is 17.6 Å². The lowest BCUT2D eigenvalue weighted by atomic mass is 10.2. The van der Waals surface area contributed by atoms with E-state index in [4.69, 9.17) is 11.6 Å². The van der Waals surface area contributed by atoms with Gasteiger partial charge >= 0.3 is 0 Å². The fourth-order valence-corrected chi connectivity index (χ4v) is 3.09. The molecule has 0 aliphatic rings. The van der Waals surface area contributed by atoms with Crippen molar-refractivity contribution in [3.8, 4) is 0 Å². The molecule has 8 heteroatoms. The highest BCUT2D eigenvalue weighted by Gasteiger charge is 2.16. The average Bonchev–Trinajstić information content (AvgIpc) is 3.19. The molecule has 1 aromatic carbocycles. The van der Waals surface area contributed by atoms with Gasteiger partial charge in [0.05, 0.1) is 18.8 Å². The smallest absolute Gasteiger partial charge is 0.274 e. The van der Waals surface area contributed by atoms with Gasteiger partial charge in [-0.15, -0.1) is 16.4 Å². The molecule has 3 aromatic rings. The predicted molar refractivity (Wildman–Crippen MR) is 93.3 cm³/mol. The third-order valence-electron chi connectivity index (χ3n) is 3.38. The molecular formula is C16H16ClN5OS. The lowest BCUT2D eigenvalue weighted by molar-refractivity contribution is 0.0934. The van der Waals surface area contributed by atoms with Crippen molar-refractivity contribution in [3.63, 3.8) is 0 Å². The highest BCUT2D eigenvalue weighted by atomic mass is 35.5. The molecule has 1 N–H and O–H groups in total. The van der Waals surface area contributed by atoms with Gasteiger partial charge < -0.3 is 5.32 Å². The zero-order chi connectivity index (χ0) is 17.1. The van der Waals surface area contributed by atoms with Crippen molar-refractivity contribution in [3.05, 3.63) is 62.8 Å². The Morgan fingerprint density at radius 3 is 2.79 bits per heavy atom. The summed E-state index contributed by atoms with van der Waals surface area (Å²) in [5.74, 6) is -0.266. The summed E-state index contributed by atoms with van der Waals surface area (Å²) in [4.78, 5) is 16.7. The van der Waals surface area contributed by atoms with Gasteiger partial charge in [0, 0.05) is 16.1 Å². The molecule has 0 aliphatic heterocycles. The maximum Gasteiger partial charge on any atom is 0.274 e. The zero-order valence-corrected chi connectivity index (χ0v) is 14.8. The molecule has 2 aromatic heterocycles. The molecule has 0 fully saturated rings. The third-order valence-corrected chi connectivity index (χ3v) is 4.78. The number of benzene rings is 1. The minimum absolute atomic E-state index is 0.169. The minimum atomic E-state index is -0.266. The van der Waals surface area contributed by atoms with Gasteiger partial charge in [-0.1, -0.05) is 28.9 Å². The van der Waals surface area contributed by atoms with E-state index in [2.05, 4.69) is 20.6 Å². The van der Waals surface area contributed by atoms with Gasteiger partial charge in [0.25, 0.3) is 5.91 Å². The molecule has 0 aliphatic carbocycles. The minimum Gasteiger partial charge on any atom is -0.342 e. The Balaban J connectivity index is 1.64. The number of carbonyl (C=O) groups is 1. The Bertz CT molecular complexity index is 842. The number of nitrogens with zero attached hydrogens (tertiary/aromatic N) is 4.